The van der Waals surface area contributed by atoms with Crippen LogP contribution in [-0.2, 0) is 51.4 Å². The average molecular weight is 1230 g/mol. The number of hydrogen-bond acceptors (Lipinski definition) is 2. The summed E-state index contributed by atoms with van der Waals surface area (Å²) in [5.41, 5.74) is 45.7. The minimum Gasteiger partial charge on any atom is -0.374 e. The number of anilines is 6. The van der Waals surface area contributed by atoms with E-state index >= 15 is 0 Å². The molecular weight excluding hydrogens is 1160 g/mol. The van der Waals surface area contributed by atoms with E-state index in [1.807, 2.05) is 0 Å². The second-order valence-corrected chi connectivity index (χ2v) is 29.2. The molecule has 14 aromatic rings. The van der Waals surface area contributed by atoms with Crippen molar-refractivity contribution >= 4 is 103 Å². The molecule has 4 nitrogen and oxygen atoms in total. The van der Waals surface area contributed by atoms with Gasteiger partial charge in [0.2, 0.25) is 0 Å². The lowest BCUT2D eigenvalue weighted by Crippen LogP contribution is -2.56. The molecule has 0 spiro atoms. The SMILES string of the molecule is c1ccc2c(c1)B1c3c(cccc3N2c2cc(-c3ccc4c(c3)CCCC4)cc(-c3ccc4c(c3)CCCC4)c2)-c2cccc3c2n1c1c2cccc4c2n(c31)B1c2ccccc2N(c2cc(-c3ccc5c(c3)CCCC5)cc(-c3ccc5c(c3)CCCC5)c2)c2cccc-4c21. The van der Waals surface area contributed by atoms with Crippen molar-refractivity contribution in [2.24, 2.45) is 0 Å². The maximum absolute atomic E-state index is 2.82. The predicted molar refractivity (Wildman–Crippen MR) is 404 cm³/mol. The molecule has 0 unspecified atom stereocenters. The number of nitrogens with zero attached hydrogens (tertiary/aromatic N) is 4. The molecule has 22 rings (SSSR count). The Labute approximate surface area is 562 Å². The van der Waals surface area contributed by atoms with E-state index in [1.54, 1.807) is 0 Å². The molecule has 8 aliphatic rings. The van der Waals surface area contributed by atoms with Gasteiger partial charge in [-0.2, -0.15) is 0 Å². The van der Waals surface area contributed by atoms with E-state index in [0.29, 0.717) is 0 Å². The van der Waals surface area contributed by atoms with Crippen molar-refractivity contribution in [1.29, 1.82) is 0 Å². The summed E-state index contributed by atoms with van der Waals surface area (Å²) >= 11 is 0. The smallest absolute Gasteiger partial charge is 0.333 e. The fraction of sp³-hybridized carbons (Fsp3) is 0.178. The second-order valence-electron chi connectivity index (χ2n) is 29.2. The van der Waals surface area contributed by atoms with E-state index in [-0.39, 0.29) is 13.7 Å². The summed E-state index contributed by atoms with van der Waals surface area (Å²) < 4.78 is 5.64. The Bertz CT molecular complexity index is 5230. The summed E-state index contributed by atoms with van der Waals surface area (Å²) in [6.45, 7) is -0.186. The van der Waals surface area contributed by atoms with Crippen LogP contribution in [0, 0.1) is 0 Å². The van der Waals surface area contributed by atoms with Crippen LogP contribution >= 0.6 is 0 Å². The average Bonchev–Trinajstić information content (AvgIpc) is 1.48. The maximum atomic E-state index is 2.82. The molecule has 6 heterocycles. The fourth-order valence-corrected chi connectivity index (χ4v) is 19.8. The first-order chi connectivity index (χ1) is 47.6. The van der Waals surface area contributed by atoms with Crippen LogP contribution in [0.3, 0.4) is 0 Å². The molecule has 0 N–H and O–H groups in total. The molecule has 12 aromatic carbocycles. The second kappa shape index (κ2) is 20.6. The van der Waals surface area contributed by atoms with Crippen molar-refractivity contribution in [2.45, 2.75) is 103 Å². The van der Waals surface area contributed by atoms with Gasteiger partial charge in [0.1, 0.15) is 0 Å². The van der Waals surface area contributed by atoms with Crippen LogP contribution in [0.15, 0.2) is 231 Å². The van der Waals surface area contributed by atoms with Gasteiger partial charge in [0.25, 0.3) is 0 Å². The highest BCUT2D eigenvalue weighted by Gasteiger charge is 2.47. The van der Waals surface area contributed by atoms with Gasteiger partial charge in [-0.05, 0) is 285 Å². The number of aromatic nitrogens is 2. The molecule has 0 saturated carbocycles. The van der Waals surface area contributed by atoms with Crippen LogP contribution < -0.4 is 31.7 Å². The number of hydrogen-bond donors (Lipinski definition) is 0. The van der Waals surface area contributed by atoms with E-state index in [0.717, 1.165) is 25.7 Å². The Balaban J connectivity index is 0.745. The van der Waals surface area contributed by atoms with E-state index < -0.39 is 0 Å². The Morgan fingerprint density at radius 1 is 0.229 bits per heavy atom. The molecule has 2 aromatic heterocycles. The number of para-hydroxylation sites is 4. The van der Waals surface area contributed by atoms with Crippen molar-refractivity contribution in [1.82, 2.24) is 8.96 Å². The molecule has 4 aliphatic carbocycles. The molecule has 0 fully saturated rings. The third-order valence-electron chi connectivity index (χ3n) is 24.1. The summed E-state index contributed by atoms with van der Waals surface area (Å²) in [7, 11) is 0. The van der Waals surface area contributed by atoms with Gasteiger partial charge in [-0.15, -0.1) is 0 Å². The highest BCUT2D eigenvalue weighted by Crippen LogP contribution is 2.52. The standard InChI is InChI=1S/C90H70B2N4/c1-5-21-59-45-63(41-37-55(59)17-1)67-49-68(64-42-38-56-18-2-6-22-60(56)46-64)52-71(51-67)93-81-33-11-9-31-79(81)91-85-73(25-15-35-83(85)93)75-27-13-29-77-87(75)95(91)89-78-30-14-28-76-74-26-16-36-84-86(74)92(96(88(76)78)90(77)89)80-32-10-12-34-82(80)94(84)72-53-69(65-43-39-57-19-3-7-23-61(57)47-65)50-70(54-72)66-44-40-58-20-4-8-24-62(58)48-66/h9-16,25-54H,1-8,17-24H2. The monoisotopic (exact) mass is 1230 g/mol. The van der Waals surface area contributed by atoms with Crippen LogP contribution in [0.25, 0.3) is 99.6 Å². The van der Waals surface area contributed by atoms with E-state index in [2.05, 4.69) is 249 Å². The molecule has 0 amide bonds. The summed E-state index contributed by atoms with van der Waals surface area (Å²) in [6, 6.07) is 92.1. The van der Waals surface area contributed by atoms with Crippen molar-refractivity contribution < 1.29 is 0 Å². The van der Waals surface area contributed by atoms with E-state index in [9.17, 15) is 0 Å². The molecule has 456 valence electrons. The zero-order chi connectivity index (χ0) is 62.4. The van der Waals surface area contributed by atoms with E-state index in [1.165, 1.54) is 277 Å². The molecule has 0 saturated heterocycles. The lowest BCUT2D eigenvalue weighted by Gasteiger charge is -2.40. The minimum absolute atomic E-state index is 0.0928. The summed E-state index contributed by atoms with van der Waals surface area (Å²) in [6.07, 6.45) is 19.5. The zero-order valence-electron chi connectivity index (χ0n) is 54.2. The van der Waals surface area contributed by atoms with Gasteiger partial charge in [0, 0.05) is 67.1 Å². The van der Waals surface area contributed by atoms with Gasteiger partial charge in [-0.25, -0.2) is 0 Å². The fourth-order valence-electron chi connectivity index (χ4n) is 19.8. The first kappa shape index (κ1) is 54.0. The van der Waals surface area contributed by atoms with Crippen molar-refractivity contribution in [3.05, 3.63) is 275 Å². The Kier molecular flexibility index (Phi) is 11.6. The van der Waals surface area contributed by atoms with Gasteiger partial charge in [-0.3, -0.25) is 0 Å². The van der Waals surface area contributed by atoms with Gasteiger partial charge in [-0.1, -0.05) is 170 Å². The molecule has 0 radical (unpaired) electrons. The topological polar surface area (TPSA) is 16.3 Å². The van der Waals surface area contributed by atoms with Gasteiger partial charge in [0.15, 0.2) is 0 Å². The van der Waals surface area contributed by atoms with Crippen molar-refractivity contribution in [2.75, 3.05) is 9.80 Å². The summed E-state index contributed by atoms with van der Waals surface area (Å²) in [5.74, 6) is 0. The van der Waals surface area contributed by atoms with Crippen molar-refractivity contribution in [3.63, 3.8) is 0 Å². The maximum Gasteiger partial charge on any atom is 0.333 e. The summed E-state index contributed by atoms with van der Waals surface area (Å²) in [4.78, 5) is 5.27. The third-order valence-corrected chi connectivity index (χ3v) is 24.1. The third kappa shape index (κ3) is 7.76. The Morgan fingerprint density at radius 3 is 0.906 bits per heavy atom. The van der Waals surface area contributed by atoms with Crippen LogP contribution in [0.4, 0.5) is 34.1 Å². The predicted octanol–water partition coefficient (Wildman–Crippen LogP) is 19.8. The molecule has 96 heavy (non-hydrogen) atoms. The lowest BCUT2D eigenvalue weighted by atomic mass is 9.45. The molecule has 0 bridgehead atoms. The Morgan fingerprint density at radius 2 is 0.542 bits per heavy atom. The largest absolute Gasteiger partial charge is 0.374 e. The van der Waals surface area contributed by atoms with E-state index in [4.69, 9.17) is 0 Å². The van der Waals surface area contributed by atoms with Gasteiger partial charge < -0.3 is 18.8 Å². The zero-order valence-corrected chi connectivity index (χ0v) is 54.2. The van der Waals surface area contributed by atoms with Crippen LogP contribution in [0.1, 0.15) is 95.9 Å². The number of fused-ring (bicyclic) bond motifs is 17. The normalized spacial score (nSPS) is 15.8. The molecule has 0 atom stereocenters. The molecule has 6 heteroatoms. The van der Waals surface area contributed by atoms with Crippen LogP contribution in [0.5, 0.6) is 0 Å². The minimum atomic E-state index is -0.0928. The van der Waals surface area contributed by atoms with Gasteiger partial charge >= 0.3 is 13.7 Å². The highest BCUT2D eigenvalue weighted by atomic mass is 15.2. The number of benzene rings is 12. The first-order valence-electron chi connectivity index (χ1n) is 36.0. The summed E-state index contributed by atoms with van der Waals surface area (Å²) in [5, 5.41) is 2.61. The molecule has 4 aliphatic heterocycles. The highest BCUT2D eigenvalue weighted by molar-refractivity contribution is 6.92. The van der Waals surface area contributed by atoms with Crippen LogP contribution in [-0.4, -0.2) is 22.7 Å². The Hall–Kier alpha value is -10.3. The quantitative estimate of drug-likeness (QED) is 0.154. The van der Waals surface area contributed by atoms with Crippen LogP contribution in [0.2, 0.25) is 0 Å². The molecular formula is C90H70B2N4. The van der Waals surface area contributed by atoms with Gasteiger partial charge in [0.05, 0.1) is 11.0 Å². The number of aryl methyl sites for hydroxylation is 8. The number of rotatable bonds is 6. The lowest BCUT2D eigenvalue weighted by molar-refractivity contribution is 0.686. The van der Waals surface area contributed by atoms with Crippen molar-refractivity contribution in [3.8, 4) is 66.8 Å². The first-order valence-corrected chi connectivity index (χ1v) is 36.0.